The van der Waals surface area contributed by atoms with Crippen LogP contribution in [0.2, 0.25) is 0 Å². The zero-order chi connectivity index (χ0) is 12.5. The maximum absolute atomic E-state index is 10.9. The van der Waals surface area contributed by atoms with Crippen LogP contribution in [0.4, 0.5) is 0 Å². The Morgan fingerprint density at radius 3 is 2.72 bits per heavy atom. The van der Waals surface area contributed by atoms with Crippen molar-refractivity contribution in [1.29, 1.82) is 0 Å². The lowest BCUT2D eigenvalue weighted by Gasteiger charge is -2.26. The summed E-state index contributed by atoms with van der Waals surface area (Å²) in [6.45, 7) is 0.796. The summed E-state index contributed by atoms with van der Waals surface area (Å²) in [5.41, 5.74) is 2.68. The molecule has 1 aliphatic heterocycles. The van der Waals surface area contributed by atoms with Crippen molar-refractivity contribution in [1.82, 2.24) is 0 Å². The average Bonchev–Trinajstić information content (AvgIpc) is 2.86. The molecule has 1 saturated carbocycles. The number of benzene rings is 1. The van der Waals surface area contributed by atoms with Crippen LogP contribution in [0.5, 0.6) is 5.75 Å². The molecule has 0 spiro atoms. The van der Waals surface area contributed by atoms with Crippen LogP contribution < -0.4 is 4.74 Å². The fourth-order valence-electron chi connectivity index (χ4n) is 3.13. The van der Waals surface area contributed by atoms with Gasteiger partial charge in [0.15, 0.2) is 0 Å². The van der Waals surface area contributed by atoms with Crippen molar-refractivity contribution in [2.45, 2.75) is 38.0 Å². The van der Waals surface area contributed by atoms with Gasteiger partial charge >= 0.3 is 5.97 Å². The van der Waals surface area contributed by atoms with Crippen LogP contribution in [0.15, 0.2) is 18.2 Å². The zero-order valence-corrected chi connectivity index (χ0v) is 10.4. The highest BCUT2D eigenvalue weighted by molar-refractivity contribution is 5.70. The molecular weight excluding hydrogens is 228 g/mol. The van der Waals surface area contributed by atoms with E-state index in [1.807, 2.05) is 0 Å². The molecular formula is C15H18O3. The Balaban J connectivity index is 1.71. The Morgan fingerprint density at radius 2 is 2.00 bits per heavy atom. The topological polar surface area (TPSA) is 46.5 Å². The molecule has 1 N–H and O–H groups in total. The van der Waals surface area contributed by atoms with Crippen LogP contribution in [0.3, 0.4) is 0 Å². The molecule has 1 heterocycles. The van der Waals surface area contributed by atoms with Gasteiger partial charge in [0, 0.05) is 6.42 Å². The molecule has 0 amide bonds. The third-order valence-corrected chi connectivity index (χ3v) is 4.26. The molecule has 0 aromatic heterocycles. The van der Waals surface area contributed by atoms with Crippen LogP contribution in [-0.2, 0) is 11.2 Å². The van der Waals surface area contributed by atoms with E-state index in [9.17, 15) is 4.79 Å². The Hall–Kier alpha value is -1.51. The van der Waals surface area contributed by atoms with Gasteiger partial charge in [0.2, 0.25) is 0 Å². The maximum Gasteiger partial charge on any atom is 0.306 e. The van der Waals surface area contributed by atoms with Gasteiger partial charge in [-0.2, -0.15) is 0 Å². The molecule has 96 valence electrons. The van der Waals surface area contributed by atoms with E-state index in [4.69, 9.17) is 9.84 Å². The number of aliphatic carboxylic acids is 1. The van der Waals surface area contributed by atoms with Crippen LogP contribution >= 0.6 is 0 Å². The molecule has 1 aromatic rings. The maximum atomic E-state index is 10.9. The fourth-order valence-corrected chi connectivity index (χ4v) is 3.13. The fraction of sp³-hybridized carbons (Fsp3) is 0.533. The smallest absolute Gasteiger partial charge is 0.306 e. The molecule has 1 aromatic carbocycles. The number of ether oxygens (including phenoxy) is 1. The van der Waals surface area contributed by atoms with Crippen LogP contribution in [0, 0.1) is 5.92 Å². The first-order chi connectivity index (χ1) is 8.74. The second-order valence-electron chi connectivity index (χ2n) is 5.35. The second-order valence-corrected chi connectivity index (χ2v) is 5.35. The lowest BCUT2D eigenvalue weighted by atomic mass is 9.78. The van der Waals surface area contributed by atoms with E-state index in [0.29, 0.717) is 5.92 Å². The van der Waals surface area contributed by atoms with Gasteiger partial charge in [-0.15, -0.1) is 0 Å². The predicted molar refractivity (Wildman–Crippen MR) is 68.0 cm³/mol. The summed E-state index contributed by atoms with van der Waals surface area (Å²) >= 11 is 0. The Bertz CT molecular complexity index is 459. The first kappa shape index (κ1) is 11.6. The van der Waals surface area contributed by atoms with Crippen molar-refractivity contribution in [2.24, 2.45) is 5.92 Å². The summed E-state index contributed by atoms with van der Waals surface area (Å²) in [5, 5.41) is 9.01. The number of carboxylic acids is 1. The molecule has 3 heteroatoms. The minimum absolute atomic E-state index is 0.126. The van der Waals surface area contributed by atoms with Crippen LogP contribution in [-0.4, -0.2) is 17.7 Å². The van der Waals surface area contributed by atoms with Crippen molar-refractivity contribution in [2.75, 3.05) is 6.61 Å². The van der Waals surface area contributed by atoms with E-state index in [0.717, 1.165) is 44.5 Å². The van der Waals surface area contributed by atoms with Gasteiger partial charge in [-0.3, -0.25) is 4.79 Å². The standard InChI is InChI=1S/C15H18O3/c16-15(17)11-3-1-10(2-4-11)12-5-6-14-13(9-12)7-8-18-14/h5-6,9-11H,1-4,7-8H2,(H,16,17). The highest BCUT2D eigenvalue weighted by Crippen LogP contribution is 2.38. The number of carboxylic acid groups (broad SMARTS) is 1. The second kappa shape index (κ2) is 4.63. The third-order valence-electron chi connectivity index (χ3n) is 4.26. The van der Waals surface area contributed by atoms with Crippen molar-refractivity contribution < 1.29 is 14.6 Å². The molecule has 1 aliphatic carbocycles. The molecule has 3 nitrogen and oxygen atoms in total. The summed E-state index contributed by atoms with van der Waals surface area (Å²) in [5.74, 6) is 0.805. The average molecular weight is 246 g/mol. The van der Waals surface area contributed by atoms with E-state index in [2.05, 4.69) is 18.2 Å². The van der Waals surface area contributed by atoms with E-state index < -0.39 is 5.97 Å². The number of rotatable bonds is 2. The van der Waals surface area contributed by atoms with E-state index >= 15 is 0 Å². The number of hydrogen-bond donors (Lipinski definition) is 1. The molecule has 0 unspecified atom stereocenters. The van der Waals surface area contributed by atoms with Crippen molar-refractivity contribution in [3.63, 3.8) is 0 Å². The monoisotopic (exact) mass is 246 g/mol. The van der Waals surface area contributed by atoms with Crippen molar-refractivity contribution >= 4 is 5.97 Å². The first-order valence-electron chi connectivity index (χ1n) is 6.72. The Labute approximate surface area is 107 Å². The van der Waals surface area contributed by atoms with E-state index in [1.165, 1.54) is 11.1 Å². The number of carbonyl (C=O) groups is 1. The largest absolute Gasteiger partial charge is 0.493 e. The summed E-state index contributed by atoms with van der Waals surface area (Å²) in [6.07, 6.45) is 4.63. The van der Waals surface area contributed by atoms with Crippen molar-refractivity contribution in [3.8, 4) is 5.75 Å². The summed E-state index contributed by atoms with van der Waals surface area (Å²) in [4.78, 5) is 10.9. The number of fused-ring (bicyclic) bond motifs is 1. The van der Waals surface area contributed by atoms with Gasteiger partial charge in [0.25, 0.3) is 0 Å². The SMILES string of the molecule is O=C(O)C1CCC(c2ccc3c(c2)CCO3)CC1. The summed E-state index contributed by atoms with van der Waals surface area (Å²) < 4.78 is 5.51. The quantitative estimate of drug-likeness (QED) is 0.872. The van der Waals surface area contributed by atoms with Gasteiger partial charge in [-0.25, -0.2) is 0 Å². The van der Waals surface area contributed by atoms with Crippen LogP contribution in [0.25, 0.3) is 0 Å². The Morgan fingerprint density at radius 1 is 1.22 bits per heavy atom. The molecule has 0 saturated heterocycles. The predicted octanol–water partition coefficient (Wildman–Crippen LogP) is 2.98. The minimum atomic E-state index is -0.629. The lowest BCUT2D eigenvalue weighted by Crippen LogP contribution is -2.20. The van der Waals surface area contributed by atoms with Gasteiger partial charge in [0.05, 0.1) is 12.5 Å². The van der Waals surface area contributed by atoms with Gasteiger partial charge in [0.1, 0.15) is 5.75 Å². The van der Waals surface area contributed by atoms with E-state index in [-0.39, 0.29) is 5.92 Å². The third kappa shape index (κ3) is 2.09. The first-order valence-corrected chi connectivity index (χ1v) is 6.72. The molecule has 1 fully saturated rings. The normalized spacial score (nSPS) is 26.4. The molecule has 0 bridgehead atoms. The molecule has 0 atom stereocenters. The number of hydrogen-bond acceptors (Lipinski definition) is 2. The van der Waals surface area contributed by atoms with Crippen molar-refractivity contribution in [3.05, 3.63) is 29.3 Å². The molecule has 18 heavy (non-hydrogen) atoms. The van der Waals surface area contributed by atoms with Crippen LogP contribution in [0.1, 0.15) is 42.7 Å². The zero-order valence-electron chi connectivity index (χ0n) is 10.4. The van der Waals surface area contributed by atoms with Gasteiger partial charge in [-0.1, -0.05) is 12.1 Å². The highest BCUT2D eigenvalue weighted by Gasteiger charge is 2.27. The van der Waals surface area contributed by atoms with Gasteiger partial charge < -0.3 is 9.84 Å². The summed E-state index contributed by atoms with van der Waals surface area (Å²) in [6, 6.07) is 6.48. The van der Waals surface area contributed by atoms with E-state index in [1.54, 1.807) is 0 Å². The Kier molecular flexibility index (Phi) is 2.98. The van der Waals surface area contributed by atoms with Gasteiger partial charge in [-0.05, 0) is 48.8 Å². The minimum Gasteiger partial charge on any atom is -0.493 e. The highest BCUT2D eigenvalue weighted by atomic mass is 16.5. The molecule has 0 radical (unpaired) electrons. The molecule has 3 rings (SSSR count). The summed E-state index contributed by atoms with van der Waals surface area (Å²) in [7, 11) is 0. The molecule has 2 aliphatic rings. The lowest BCUT2D eigenvalue weighted by molar-refractivity contribution is -0.142.